The Hall–Kier alpha value is -0.120. The highest BCUT2D eigenvalue weighted by atomic mass is 15.3. The van der Waals surface area contributed by atoms with Crippen LogP contribution in [0.5, 0.6) is 0 Å². The summed E-state index contributed by atoms with van der Waals surface area (Å²) in [5, 5.41) is 3.78. The van der Waals surface area contributed by atoms with E-state index >= 15 is 0 Å². The Morgan fingerprint density at radius 1 is 0.895 bits per heavy atom. The molecule has 0 aromatic heterocycles. The molecule has 0 radical (unpaired) electrons. The number of rotatable bonds is 3. The van der Waals surface area contributed by atoms with Crippen LogP contribution in [-0.4, -0.2) is 60.6 Å². The molecular formula is C16H29N3. The Kier molecular flexibility index (Phi) is 3.55. The fourth-order valence-electron chi connectivity index (χ4n) is 5.05. The maximum Gasteiger partial charge on any atom is 0.0113 e. The molecule has 3 nitrogen and oxygen atoms in total. The third-order valence-corrected chi connectivity index (χ3v) is 6.17. The van der Waals surface area contributed by atoms with Gasteiger partial charge in [0.25, 0.3) is 0 Å². The first-order valence-electron chi connectivity index (χ1n) is 8.61. The lowest BCUT2D eigenvalue weighted by Gasteiger charge is -2.39. The smallest absolute Gasteiger partial charge is 0.0113 e. The molecular weight excluding hydrogens is 234 g/mol. The molecule has 4 aliphatic rings. The summed E-state index contributed by atoms with van der Waals surface area (Å²) in [6.07, 6.45) is 10.2. The molecule has 3 unspecified atom stereocenters. The van der Waals surface area contributed by atoms with Crippen LogP contribution in [0.2, 0.25) is 0 Å². The minimum atomic E-state index is 0.859. The van der Waals surface area contributed by atoms with Crippen LogP contribution in [-0.2, 0) is 0 Å². The highest BCUT2D eigenvalue weighted by Crippen LogP contribution is 2.34. The van der Waals surface area contributed by atoms with Gasteiger partial charge >= 0.3 is 0 Å². The molecule has 3 saturated heterocycles. The predicted octanol–water partition coefficient (Wildman–Crippen LogP) is 1.69. The average molecular weight is 263 g/mol. The third-order valence-electron chi connectivity index (χ3n) is 6.17. The summed E-state index contributed by atoms with van der Waals surface area (Å²) < 4.78 is 0. The number of hydrogen-bond donors (Lipinski definition) is 1. The molecule has 108 valence electrons. The summed E-state index contributed by atoms with van der Waals surface area (Å²) in [4.78, 5) is 5.53. The summed E-state index contributed by atoms with van der Waals surface area (Å²) in [6, 6.07) is 2.67. The molecule has 19 heavy (non-hydrogen) atoms. The highest BCUT2D eigenvalue weighted by Gasteiger charge is 2.39. The van der Waals surface area contributed by atoms with Gasteiger partial charge in [-0.3, -0.25) is 4.90 Å². The standard InChI is InChI=1S/C16H29N3/c1-2-4-15(3-1)19-9-7-18(8-10-19)12-13-11-14-5-6-16(13)17-14/h13-17H,1-12H2. The van der Waals surface area contributed by atoms with E-state index in [1.807, 2.05) is 0 Å². The van der Waals surface area contributed by atoms with E-state index in [9.17, 15) is 0 Å². The van der Waals surface area contributed by atoms with Crippen LogP contribution in [0.1, 0.15) is 44.9 Å². The first-order chi connectivity index (χ1) is 9.38. The van der Waals surface area contributed by atoms with E-state index in [2.05, 4.69) is 15.1 Å². The van der Waals surface area contributed by atoms with Crippen molar-refractivity contribution >= 4 is 0 Å². The van der Waals surface area contributed by atoms with Crippen LogP contribution in [0, 0.1) is 5.92 Å². The molecule has 0 spiro atoms. The van der Waals surface area contributed by atoms with Crippen LogP contribution in [0.25, 0.3) is 0 Å². The van der Waals surface area contributed by atoms with Gasteiger partial charge in [0.2, 0.25) is 0 Å². The van der Waals surface area contributed by atoms with Crippen molar-refractivity contribution in [2.75, 3.05) is 32.7 Å². The van der Waals surface area contributed by atoms with Crippen molar-refractivity contribution in [2.24, 2.45) is 5.92 Å². The second-order valence-electron chi connectivity index (χ2n) is 7.32. The Balaban J connectivity index is 1.24. The van der Waals surface area contributed by atoms with E-state index in [1.54, 1.807) is 0 Å². The molecule has 0 aromatic rings. The normalized spacial score (nSPS) is 41.4. The Labute approximate surface area is 117 Å². The van der Waals surface area contributed by atoms with Crippen molar-refractivity contribution in [1.29, 1.82) is 0 Å². The minimum Gasteiger partial charge on any atom is -0.311 e. The van der Waals surface area contributed by atoms with Crippen molar-refractivity contribution in [3.8, 4) is 0 Å². The van der Waals surface area contributed by atoms with Crippen LogP contribution in [0.15, 0.2) is 0 Å². The zero-order valence-electron chi connectivity index (χ0n) is 12.2. The van der Waals surface area contributed by atoms with E-state index < -0.39 is 0 Å². The number of piperazine rings is 1. The molecule has 1 aliphatic carbocycles. The van der Waals surface area contributed by atoms with E-state index in [0.717, 1.165) is 24.0 Å². The summed E-state index contributed by atoms with van der Waals surface area (Å²) in [7, 11) is 0. The van der Waals surface area contributed by atoms with E-state index in [0.29, 0.717) is 0 Å². The third kappa shape index (κ3) is 2.57. The fourth-order valence-corrected chi connectivity index (χ4v) is 5.05. The van der Waals surface area contributed by atoms with Crippen LogP contribution >= 0.6 is 0 Å². The lowest BCUT2D eigenvalue weighted by molar-refractivity contribution is 0.0844. The molecule has 4 fully saturated rings. The van der Waals surface area contributed by atoms with Crippen LogP contribution < -0.4 is 5.32 Å². The number of fused-ring (bicyclic) bond motifs is 2. The number of hydrogen-bond acceptors (Lipinski definition) is 3. The highest BCUT2D eigenvalue weighted by molar-refractivity contribution is 4.98. The van der Waals surface area contributed by atoms with Gasteiger partial charge in [0.15, 0.2) is 0 Å². The number of nitrogens with one attached hydrogen (secondary N) is 1. The van der Waals surface area contributed by atoms with Gasteiger partial charge in [-0.15, -0.1) is 0 Å². The maximum absolute atomic E-state index is 3.78. The van der Waals surface area contributed by atoms with Crippen molar-refractivity contribution in [3.05, 3.63) is 0 Å². The van der Waals surface area contributed by atoms with Gasteiger partial charge in [-0.25, -0.2) is 0 Å². The first kappa shape index (κ1) is 12.6. The minimum absolute atomic E-state index is 0.859. The predicted molar refractivity (Wildman–Crippen MR) is 78.3 cm³/mol. The molecule has 3 heteroatoms. The zero-order chi connectivity index (χ0) is 12.7. The van der Waals surface area contributed by atoms with Gasteiger partial charge in [0.1, 0.15) is 0 Å². The summed E-state index contributed by atoms with van der Waals surface area (Å²) >= 11 is 0. The van der Waals surface area contributed by atoms with Gasteiger partial charge in [0.05, 0.1) is 0 Å². The van der Waals surface area contributed by atoms with Gasteiger partial charge in [-0.05, 0) is 38.0 Å². The van der Waals surface area contributed by atoms with E-state index in [4.69, 9.17) is 0 Å². The Morgan fingerprint density at radius 2 is 1.68 bits per heavy atom. The van der Waals surface area contributed by atoms with E-state index in [-0.39, 0.29) is 0 Å². The fraction of sp³-hybridized carbons (Fsp3) is 1.00. The SMILES string of the molecule is C1CCC(N2CCN(CC3CC4CCC3N4)CC2)C1. The van der Waals surface area contributed by atoms with E-state index in [1.165, 1.54) is 77.7 Å². The topological polar surface area (TPSA) is 18.5 Å². The maximum atomic E-state index is 3.78. The Morgan fingerprint density at radius 3 is 2.32 bits per heavy atom. The van der Waals surface area contributed by atoms with Crippen molar-refractivity contribution in [1.82, 2.24) is 15.1 Å². The second-order valence-corrected chi connectivity index (χ2v) is 7.32. The quantitative estimate of drug-likeness (QED) is 0.836. The zero-order valence-corrected chi connectivity index (χ0v) is 12.2. The van der Waals surface area contributed by atoms with Crippen molar-refractivity contribution < 1.29 is 0 Å². The molecule has 0 aromatic carbocycles. The Bertz CT molecular complexity index is 305. The molecule has 2 bridgehead atoms. The molecule has 1 N–H and O–H groups in total. The summed E-state index contributed by atoms with van der Waals surface area (Å²) in [6.45, 7) is 6.68. The van der Waals surface area contributed by atoms with Gasteiger partial charge in [-0.1, -0.05) is 12.8 Å². The largest absolute Gasteiger partial charge is 0.311 e. The van der Waals surface area contributed by atoms with Crippen LogP contribution in [0.3, 0.4) is 0 Å². The molecule has 4 rings (SSSR count). The molecule has 3 aliphatic heterocycles. The molecule has 1 saturated carbocycles. The lowest BCUT2D eigenvalue weighted by atomic mass is 9.88. The monoisotopic (exact) mass is 263 g/mol. The van der Waals surface area contributed by atoms with Gasteiger partial charge in [0, 0.05) is 50.8 Å². The van der Waals surface area contributed by atoms with Crippen LogP contribution in [0.4, 0.5) is 0 Å². The summed E-state index contributed by atoms with van der Waals surface area (Å²) in [5.74, 6) is 0.955. The van der Waals surface area contributed by atoms with Gasteiger partial charge < -0.3 is 10.2 Å². The molecule has 3 heterocycles. The van der Waals surface area contributed by atoms with Crippen molar-refractivity contribution in [3.63, 3.8) is 0 Å². The molecule has 0 amide bonds. The average Bonchev–Trinajstić information content (AvgIpc) is 3.17. The van der Waals surface area contributed by atoms with Crippen molar-refractivity contribution in [2.45, 2.75) is 63.1 Å². The lowest BCUT2D eigenvalue weighted by Crippen LogP contribution is -2.51. The number of nitrogens with zero attached hydrogens (tertiary/aromatic N) is 2. The van der Waals surface area contributed by atoms with Gasteiger partial charge in [-0.2, -0.15) is 0 Å². The summed E-state index contributed by atoms with van der Waals surface area (Å²) in [5.41, 5.74) is 0. The molecule has 3 atom stereocenters. The first-order valence-corrected chi connectivity index (χ1v) is 8.61. The second kappa shape index (κ2) is 5.34.